The Morgan fingerprint density at radius 3 is 2.43 bits per heavy atom. The van der Waals surface area contributed by atoms with Crippen LogP contribution < -0.4 is 0 Å². The first-order valence-corrected chi connectivity index (χ1v) is 9.56. The molecule has 1 aromatic rings. The number of hydrogen-bond donors (Lipinski definition) is 0. The van der Waals surface area contributed by atoms with Crippen LogP contribution >= 0.6 is 0 Å². The Bertz CT molecular complexity index is 613. The topological polar surface area (TPSA) is 50.3 Å². The second-order valence-electron chi connectivity index (χ2n) is 7.18. The average Bonchev–Trinajstić information content (AvgIpc) is 3.29. The summed E-state index contributed by atoms with van der Waals surface area (Å²) in [5.74, 6) is 0.757. The maximum Gasteiger partial charge on any atom is 0.214 e. The van der Waals surface area contributed by atoms with Crippen molar-refractivity contribution in [3.05, 3.63) is 30.1 Å². The van der Waals surface area contributed by atoms with Gasteiger partial charge in [-0.25, -0.2) is 8.42 Å². The maximum atomic E-state index is 12.8. The minimum Gasteiger partial charge on any atom is -0.265 e. The van der Waals surface area contributed by atoms with Crippen molar-refractivity contribution in [3.63, 3.8) is 0 Å². The van der Waals surface area contributed by atoms with E-state index in [9.17, 15) is 8.42 Å². The van der Waals surface area contributed by atoms with Crippen molar-refractivity contribution in [1.82, 2.24) is 9.29 Å². The first-order chi connectivity index (χ1) is 10.1. The van der Waals surface area contributed by atoms with Gasteiger partial charge in [0.25, 0.3) is 0 Å². The van der Waals surface area contributed by atoms with Crippen LogP contribution in [0.15, 0.2) is 24.5 Å². The summed E-state index contributed by atoms with van der Waals surface area (Å²) in [6.07, 6.45) is 10.4. The average molecular weight is 306 g/mol. The van der Waals surface area contributed by atoms with E-state index in [4.69, 9.17) is 0 Å². The van der Waals surface area contributed by atoms with E-state index < -0.39 is 10.0 Å². The van der Waals surface area contributed by atoms with Gasteiger partial charge in [-0.05, 0) is 67.6 Å². The van der Waals surface area contributed by atoms with Crippen molar-refractivity contribution >= 4 is 10.0 Å². The molecule has 0 unspecified atom stereocenters. The van der Waals surface area contributed by atoms with E-state index in [0.29, 0.717) is 23.6 Å². The first kappa shape index (κ1) is 13.7. The fourth-order valence-corrected chi connectivity index (χ4v) is 5.78. The van der Waals surface area contributed by atoms with Crippen molar-refractivity contribution in [2.24, 2.45) is 11.3 Å². The molecule has 5 heteroatoms. The summed E-state index contributed by atoms with van der Waals surface area (Å²) < 4.78 is 27.3. The third kappa shape index (κ3) is 2.86. The van der Waals surface area contributed by atoms with Crippen LogP contribution in [0, 0.1) is 11.3 Å². The largest absolute Gasteiger partial charge is 0.265 e. The van der Waals surface area contributed by atoms with E-state index >= 15 is 0 Å². The summed E-state index contributed by atoms with van der Waals surface area (Å²) in [6, 6.07) is 4.05. The first-order valence-electron chi connectivity index (χ1n) is 7.95. The summed E-state index contributed by atoms with van der Waals surface area (Å²) in [5, 5.41) is 0. The van der Waals surface area contributed by atoms with Crippen LogP contribution in [0.5, 0.6) is 0 Å². The van der Waals surface area contributed by atoms with Gasteiger partial charge < -0.3 is 0 Å². The molecule has 0 atom stereocenters. The molecular weight excluding hydrogens is 284 g/mol. The Labute approximate surface area is 126 Å². The summed E-state index contributed by atoms with van der Waals surface area (Å²) in [4.78, 5) is 4.00. The van der Waals surface area contributed by atoms with Gasteiger partial charge in [-0.1, -0.05) is 0 Å². The smallest absolute Gasteiger partial charge is 0.214 e. The molecule has 0 N–H and O–H groups in total. The maximum absolute atomic E-state index is 12.8. The number of hydrogen-bond acceptors (Lipinski definition) is 3. The minimum absolute atomic E-state index is 0.234. The highest BCUT2D eigenvalue weighted by atomic mass is 32.2. The zero-order valence-electron chi connectivity index (χ0n) is 12.2. The molecule has 0 saturated heterocycles. The highest BCUT2D eigenvalue weighted by Gasteiger charge is 2.54. The van der Waals surface area contributed by atoms with Crippen LogP contribution in [0.1, 0.15) is 44.1 Å². The fraction of sp³-hybridized carbons (Fsp3) is 0.688. The lowest BCUT2D eigenvalue weighted by atomic mass is 9.73. The Morgan fingerprint density at radius 2 is 1.86 bits per heavy atom. The molecule has 0 amide bonds. The van der Waals surface area contributed by atoms with Crippen LogP contribution in [0.25, 0.3) is 0 Å². The molecule has 3 aliphatic carbocycles. The lowest BCUT2D eigenvalue weighted by Crippen LogP contribution is -2.40. The van der Waals surface area contributed by atoms with Crippen molar-refractivity contribution < 1.29 is 8.42 Å². The molecule has 0 radical (unpaired) electrons. The molecule has 1 aromatic heterocycles. The van der Waals surface area contributed by atoms with Crippen LogP contribution in [-0.4, -0.2) is 29.5 Å². The summed E-state index contributed by atoms with van der Waals surface area (Å²) >= 11 is 0. The van der Waals surface area contributed by atoms with E-state index in [1.807, 2.05) is 12.1 Å². The zero-order chi connectivity index (χ0) is 14.5. The van der Waals surface area contributed by atoms with Gasteiger partial charge in [0, 0.05) is 25.0 Å². The van der Waals surface area contributed by atoms with Crippen molar-refractivity contribution in [3.8, 4) is 0 Å². The third-order valence-corrected chi connectivity index (χ3v) is 7.28. The predicted molar refractivity (Wildman–Crippen MR) is 81.0 cm³/mol. The summed E-state index contributed by atoms with van der Waals surface area (Å²) in [6.45, 7) is 0.507. The molecule has 4 nitrogen and oxygen atoms in total. The Balaban J connectivity index is 1.44. The predicted octanol–water partition coefficient (Wildman–Crippen LogP) is 2.57. The number of aromatic nitrogens is 1. The van der Waals surface area contributed by atoms with Gasteiger partial charge in [0.1, 0.15) is 0 Å². The van der Waals surface area contributed by atoms with E-state index in [2.05, 4.69) is 4.98 Å². The molecule has 3 saturated carbocycles. The second-order valence-corrected chi connectivity index (χ2v) is 9.15. The molecule has 3 fully saturated rings. The van der Waals surface area contributed by atoms with Crippen molar-refractivity contribution in [2.75, 3.05) is 5.75 Å². The SMILES string of the molecule is O=S(=O)(CC1CC2(CC2)C1)N(Cc1ccncc1)C1CC1. The molecular formula is C16H22N2O2S. The Kier molecular flexibility index (Phi) is 3.12. The highest BCUT2D eigenvalue weighted by molar-refractivity contribution is 7.89. The van der Waals surface area contributed by atoms with Gasteiger partial charge in [0.15, 0.2) is 0 Å². The lowest BCUT2D eigenvalue weighted by molar-refractivity contribution is 0.187. The van der Waals surface area contributed by atoms with E-state index in [1.165, 1.54) is 12.8 Å². The molecule has 4 rings (SSSR count). The third-order valence-electron chi connectivity index (χ3n) is 5.25. The van der Waals surface area contributed by atoms with E-state index in [1.54, 1.807) is 16.7 Å². The van der Waals surface area contributed by atoms with Gasteiger partial charge in [-0.15, -0.1) is 0 Å². The molecule has 0 aromatic carbocycles. The van der Waals surface area contributed by atoms with Gasteiger partial charge in [0.05, 0.1) is 5.75 Å². The fourth-order valence-electron chi connectivity index (χ4n) is 3.75. The number of rotatable bonds is 6. The molecule has 21 heavy (non-hydrogen) atoms. The normalized spacial score (nSPS) is 24.2. The summed E-state index contributed by atoms with van der Waals surface area (Å²) in [5.41, 5.74) is 1.61. The molecule has 1 spiro atoms. The van der Waals surface area contributed by atoms with Crippen LogP contribution in [0.2, 0.25) is 0 Å². The van der Waals surface area contributed by atoms with Crippen molar-refractivity contribution in [2.45, 2.75) is 51.1 Å². The number of pyridine rings is 1. The Morgan fingerprint density at radius 1 is 1.19 bits per heavy atom. The van der Waals surface area contributed by atoms with Gasteiger partial charge in [-0.2, -0.15) is 4.31 Å². The van der Waals surface area contributed by atoms with E-state index in [0.717, 1.165) is 31.2 Å². The molecule has 3 aliphatic rings. The quantitative estimate of drug-likeness (QED) is 0.811. The molecule has 0 bridgehead atoms. The number of sulfonamides is 1. The van der Waals surface area contributed by atoms with Gasteiger partial charge >= 0.3 is 0 Å². The van der Waals surface area contributed by atoms with Crippen molar-refractivity contribution in [1.29, 1.82) is 0 Å². The Hall–Kier alpha value is -0.940. The van der Waals surface area contributed by atoms with Gasteiger partial charge in [0.2, 0.25) is 10.0 Å². The summed E-state index contributed by atoms with van der Waals surface area (Å²) in [7, 11) is -3.13. The molecule has 114 valence electrons. The zero-order valence-corrected chi connectivity index (χ0v) is 13.1. The monoisotopic (exact) mass is 306 g/mol. The second kappa shape index (κ2) is 4.78. The minimum atomic E-state index is -3.13. The van der Waals surface area contributed by atoms with Gasteiger partial charge in [-0.3, -0.25) is 4.98 Å². The molecule has 0 aliphatic heterocycles. The van der Waals surface area contributed by atoms with Crippen LogP contribution in [0.3, 0.4) is 0 Å². The standard InChI is InChI=1S/C16H22N2O2S/c19-21(20,12-14-9-16(10-14)5-6-16)18(15-1-2-15)11-13-3-7-17-8-4-13/h3-4,7-8,14-15H,1-2,5-6,9-12H2. The van der Waals surface area contributed by atoms with Crippen LogP contribution in [0.4, 0.5) is 0 Å². The van der Waals surface area contributed by atoms with E-state index in [-0.39, 0.29) is 6.04 Å². The highest BCUT2D eigenvalue weighted by Crippen LogP contribution is 2.63. The number of nitrogens with zero attached hydrogens (tertiary/aromatic N) is 2. The lowest BCUT2D eigenvalue weighted by Gasteiger charge is -2.37. The van der Waals surface area contributed by atoms with Crippen LogP contribution in [-0.2, 0) is 16.6 Å². The molecule has 1 heterocycles.